The molecule has 0 spiro atoms. The lowest BCUT2D eigenvalue weighted by Gasteiger charge is -2.19. The normalized spacial score (nSPS) is 10.3. The van der Waals surface area contributed by atoms with Gasteiger partial charge in [0.25, 0.3) is 5.91 Å². The van der Waals surface area contributed by atoms with Crippen molar-refractivity contribution in [2.45, 2.75) is 6.42 Å². The third-order valence-corrected chi connectivity index (χ3v) is 4.09. The first-order valence-corrected chi connectivity index (χ1v) is 8.29. The largest absolute Gasteiger partial charge is 0.374 e. The van der Waals surface area contributed by atoms with Crippen molar-refractivity contribution in [2.24, 2.45) is 0 Å². The number of benzene rings is 2. The molecule has 0 unspecified atom stereocenters. The van der Waals surface area contributed by atoms with E-state index in [9.17, 15) is 4.79 Å². The molecule has 0 aliphatic carbocycles. The van der Waals surface area contributed by atoms with Gasteiger partial charge >= 0.3 is 0 Å². The number of hydrogen-bond donors (Lipinski definition) is 1. The predicted octanol–water partition coefficient (Wildman–Crippen LogP) is 4.01. The lowest BCUT2D eigenvalue weighted by atomic mass is 10.2. The Bertz CT molecular complexity index is 802. The lowest BCUT2D eigenvalue weighted by Crippen LogP contribution is -2.20. The highest BCUT2D eigenvalue weighted by molar-refractivity contribution is 6.04. The molecule has 4 heteroatoms. The Balaban J connectivity index is 1.57. The van der Waals surface area contributed by atoms with Gasteiger partial charge in [0.2, 0.25) is 0 Å². The summed E-state index contributed by atoms with van der Waals surface area (Å²) < 4.78 is 0. The van der Waals surface area contributed by atoms with E-state index >= 15 is 0 Å². The second kappa shape index (κ2) is 8.11. The number of amides is 1. The molecule has 126 valence electrons. The van der Waals surface area contributed by atoms with E-state index in [1.165, 1.54) is 5.56 Å². The molecule has 0 aliphatic heterocycles. The van der Waals surface area contributed by atoms with Crippen LogP contribution in [0.1, 0.15) is 15.9 Å². The number of aromatic nitrogens is 1. The van der Waals surface area contributed by atoms with E-state index in [2.05, 4.69) is 22.2 Å². The topological polar surface area (TPSA) is 45.2 Å². The summed E-state index contributed by atoms with van der Waals surface area (Å²) in [5.41, 5.74) is 3.83. The van der Waals surface area contributed by atoms with Gasteiger partial charge in [-0.3, -0.25) is 9.78 Å². The molecule has 3 rings (SSSR count). The van der Waals surface area contributed by atoms with Gasteiger partial charge in [0.1, 0.15) is 0 Å². The standard InChI is InChI=1S/C21H21N3O/c1-24(16-13-17-11-14-22-15-12-17)20-9-7-19(8-10-20)23-21(25)18-5-3-2-4-6-18/h2-12,14-15H,13,16H2,1H3,(H,23,25). The minimum Gasteiger partial charge on any atom is -0.374 e. The van der Waals surface area contributed by atoms with Crippen LogP contribution in [0.5, 0.6) is 0 Å². The molecule has 2 aromatic carbocycles. The van der Waals surface area contributed by atoms with Gasteiger partial charge in [-0.15, -0.1) is 0 Å². The highest BCUT2D eigenvalue weighted by Crippen LogP contribution is 2.18. The van der Waals surface area contributed by atoms with Crippen LogP contribution in [0.2, 0.25) is 0 Å². The zero-order valence-electron chi connectivity index (χ0n) is 14.2. The Labute approximate surface area is 148 Å². The van der Waals surface area contributed by atoms with E-state index in [0.29, 0.717) is 5.56 Å². The van der Waals surface area contributed by atoms with Gasteiger partial charge in [-0.1, -0.05) is 18.2 Å². The van der Waals surface area contributed by atoms with Crippen molar-refractivity contribution < 1.29 is 4.79 Å². The summed E-state index contributed by atoms with van der Waals surface area (Å²) in [7, 11) is 2.07. The van der Waals surface area contributed by atoms with Crippen LogP contribution in [0.4, 0.5) is 11.4 Å². The van der Waals surface area contributed by atoms with Crippen LogP contribution in [0.15, 0.2) is 79.1 Å². The molecule has 0 saturated carbocycles. The van der Waals surface area contributed by atoms with E-state index < -0.39 is 0 Å². The number of nitrogens with one attached hydrogen (secondary N) is 1. The predicted molar refractivity (Wildman–Crippen MR) is 102 cm³/mol. The molecule has 4 nitrogen and oxygen atoms in total. The lowest BCUT2D eigenvalue weighted by molar-refractivity contribution is 0.102. The fourth-order valence-corrected chi connectivity index (χ4v) is 2.57. The molecule has 0 bridgehead atoms. The summed E-state index contributed by atoms with van der Waals surface area (Å²) in [5, 5.41) is 2.92. The van der Waals surface area contributed by atoms with Crippen molar-refractivity contribution >= 4 is 17.3 Å². The highest BCUT2D eigenvalue weighted by atomic mass is 16.1. The number of hydrogen-bond acceptors (Lipinski definition) is 3. The van der Waals surface area contributed by atoms with Crippen LogP contribution >= 0.6 is 0 Å². The fraction of sp³-hybridized carbons (Fsp3) is 0.143. The quantitative estimate of drug-likeness (QED) is 0.742. The number of pyridine rings is 1. The summed E-state index contributed by atoms with van der Waals surface area (Å²) in [6.45, 7) is 0.916. The van der Waals surface area contributed by atoms with Gasteiger partial charge in [0, 0.05) is 42.9 Å². The number of nitrogens with zero attached hydrogens (tertiary/aromatic N) is 2. The van der Waals surface area contributed by atoms with E-state index in [-0.39, 0.29) is 5.91 Å². The number of likely N-dealkylation sites (N-methyl/N-ethyl adjacent to an activating group) is 1. The van der Waals surface area contributed by atoms with Gasteiger partial charge in [-0.2, -0.15) is 0 Å². The van der Waals surface area contributed by atoms with Crippen LogP contribution in [-0.2, 0) is 6.42 Å². The van der Waals surface area contributed by atoms with Crippen LogP contribution in [-0.4, -0.2) is 24.5 Å². The van der Waals surface area contributed by atoms with Crippen LogP contribution in [0.25, 0.3) is 0 Å². The Morgan fingerprint density at radius 1 is 0.960 bits per heavy atom. The molecule has 1 amide bonds. The molecule has 25 heavy (non-hydrogen) atoms. The second-order valence-corrected chi connectivity index (χ2v) is 5.89. The molecule has 0 aliphatic rings. The zero-order chi connectivity index (χ0) is 17.5. The van der Waals surface area contributed by atoms with Crippen LogP contribution in [0.3, 0.4) is 0 Å². The maximum atomic E-state index is 12.2. The Morgan fingerprint density at radius 2 is 1.64 bits per heavy atom. The van der Waals surface area contributed by atoms with Crippen molar-refractivity contribution in [3.8, 4) is 0 Å². The average Bonchev–Trinajstić information content (AvgIpc) is 2.68. The summed E-state index contributed by atoms with van der Waals surface area (Å²) >= 11 is 0. The van der Waals surface area contributed by atoms with Crippen molar-refractivity contribution in [2.75, 3.05) is 23.8 Å². The second-order valence-electron chi connectivity index (χ2n) is 5.89. The van der Waals surface area contributed by atoms with E-state index in [0.717, 1.165) is 24.3 Å². The van der Waals surface area contributed by atoms with Crippen LogP contribution < -0.4 is 10.2 Å². The Morgan fingerprint density at radius 3 is 2.32 bits per heavy atom. The maximum Gasteiger partial charge on any atom is 0.255 e. The van der Waals surface area contributed by atoms with E-state index in [4.69, 9.17) is 0 Å². The SMILES string of the molecule is CN(CCc1ccncc1)c1ccc(NC(=O)c2ccccc2)cc1. The molecule has 0 atom stereocenters. The number of carbonyl (C=O) groups is 1. The molecule has 1 heterocycles. The molecule has 0 radical (unpaired) electrons. The molecular weight excluding hydrogens is 310 g/mol. The number of carbonyl (C=O) groups excluding carboxylic acids is 1. The van der Waals surface area contributed by atoms with Crippen molar-refractivity contribution in [1.29, 1.82) is 0 Å². The van der Waals surface area contributed by atoms with Gasteiger partial charge in [0.15, 0.2) is 0 Å². The van der Waals surface area contributed by atoms with E-state index in [1.807, 2.05) is 67.0 Å². The Kier molecular flexibility index (Phi) is 5.42. The smallest absolute Gasteiger partial charge is 0.255 e. The van der Waals surface area contributed by atoms with Gasteiger partial charge in [0.05, 0.1) is 0 Å². The summed E-state index contributed by atoms with van der Waals surface area (Å²) in [5.74, 6) is -0.0978. The molecule has 1 aromatic heterocycles. The summed E-state index contributed by atoms with van der Waals surface area (Å²) in [4.78, 5) is 18.4. The first-order chi connectivity index (χ1) is 12.2. The average molecular weight is 331 g/mol. The van der Waals surface area contributed by atoms with Gasteiger partial charge in [-0.05, 0) is 60.5 Å². The summed E-state index contributed by atoms with van der Waals surface area (Å²) in [6, 6.07) is 21.2. The van der Waals surface area contributed by atoms with Crippen molar-refractivity contribution in [3.05, 3.63) is 90.3 Å². The number of anilines is 2. The molecule has 1 N–H and O–H groups in total. The fourth-order valence-electron chi connectivity index (χ4n) is 2.57. The summed E-state index contributed by atoms with van der Waals surface area (Å²) in [6.07, 6.45) is 4.60. The monoisotopic (exact) mass is 331 g/mol. The molecular formula is C21H21N3O. The minimum absolute atomic E-state index is 0.0978. The van der Waals surface area contributed by atoms with Crippen molar-refractivity contribution in [3.63, 3.8) is 0 Å². The highest BCUT2D eigenvalue weighted by Gasteiger charge is 2.06. The zero-order valence-corrected chi connectivity index (χ0v) is 14.2. The maximum absolute atomic E-state index is 12.2. The van der Waals surface area contributed by atoms with Crippen molar-refractivity contribution in [1.82, 2.24) is 4.98 Å². The first-order valence-electron chi connectivity index (χ1n) is 8.29. The third-order valence-electron chi connectivity index (χ3n) is 4.09. The molecule has 3 aromatic rings. The van der Waals surface area contributed by atoms with Gasteiger partial charge in [-0.25, -0.2) is 0 Å². The third kappa shape index (κ3) is 4.67. The van der Waals surface area contributed by atoms with Crippen LogP contribution in [0, 0.1) is 0 Å². The Hall–Kier alpha value is -3.14. The first kappa shape index (κ1) is 16.7. The molecule has 0 fully saturated rings. The van der Waals surface area contributed by atoms with Gasteiger partial charge < -0.3 is 10.2 Å². The molecule has 0 saturated heterocycles. The van der Waals surface area contributed by atoms with E-state index in [1.54, 1.807) is 12.1 Å². The minimum atomic E-state index is -0.0978. The number of rotatable bonds is 6.